The highest BCUT2D eigenvalue weighted by molar-refractivity contribution is 7.92. The SMILES string of the molecule is CC1C(NS(C)(=O)=O)CCS1(=O)=O. The zero-order chi connectivity index (χ0) is 10.3. The Morgan fingerprint density at radius 2 is 1.92 bits per heavy atom. The fourth-order valence-electron chi connectivity index (χ4n) is 1.39. The van der Waals surface area contributed by atoms with Crippen molar-refractivity contribution >= 4 is 19.9 Å². The summed E-state index contributed by atoms with van der Waals surface area (Å²) in [6.07, 6.45) is 1.40. The Bertz CT molecular complexity index is 383. The molecule has 1 aliphatic heterocycles. The standard InChI is InChI=1S/C6H13NO4S2/c1-5-6(7-12(2,8)9)3-4-13(5,10)11/h5-7H,3-4H2,1-2H3. The van der Waals surface area contributed by atoms with E-state index < -0.39 is 31.2 Å². The molecule has 1 aliphatic rings. The lowest BCUT2D eigenvalue weighted by atomic mass is 10.2. The van der Waals surface area contributed by atoms with Gasteiger partial charge < -0.3 is 0 Å². The summed E-state index contributed by atoms with van der Waals surface area (Å²) in [6, 6.07) is -0.458. The summed E-state index contributed by atoms with van der Waals surface area (Å²) in [5.41, 5.74) is 0. The highest BCUT2D eigenvalue weighted by Gasteiger charge is 2.37. The quantitative estimate of drug-likeness (QED) is 0.663. The summed E-state index contributed by atoms with van der Waals surface area (Å²) in [6.45, 7) is 1.53. The van der Waals surface area contributed by atoms with Crippen molar-refractivity contribution < 1.29 is 16.8 Å². The number of sulfone groups is 1. The molecular weight excluding hydrogens is 214 g/mol. The second-order valence-electron chi connectivity index (χ2n) is 3.36. The molecule has 0 saturated carbocycles. The lowest BCUT2D eigenvalue weighted by molar-refractivity contribution is 0.545. The third-order valence-electron chi connectivity index (χ3n) is 2.21. The van der Waals surface area contributed by atoms with E-state index in [1.807, 2.05) is 0 Å². The minimum absolute atomic E-state index is 0.0708. The van der Waals surface area contributed by atoms with E-state index in [0.29, 0.717) is 6.42 Å². The highest BCUT2D eigenvalue weighted by atomic mass is 32.2. The maximum Gasteiger partial charge on any atom is 0.208 e. The predicted molar refractivity (Wildman–Crippen MR) is 49.6 cm³/mol. The van der Waals surface area contributed by atoms with E-state index in [9.17, 15) is 16.8 Å². The summed E-state index contributed by atoms with van der Waals surface area (Å²) in [5.74, 6) is 0.0708. The van der Waals surface area contributed by atoms with Crippen LogP contribution in [0.15, 0.2) is 0 Å². The number of sulfonamides is 1. The topological polar surface area (TPSA) is 80.3 Å². The molecule has 0 amide bonds. The van der Waals surface area contributed by atoms with E-state index in [2.05, 4.69) is 4.72 Å². The van der Waals surface area contributed by atoms with Gasteiger partial charge in [-0.2, -0.15) is 0 Å². The molecule has 1 N–H and O–H groups in total. The molecule has 13 heavy (non-hydrogen) atoms. The van der Waals surface area contributed by atoms with Gasteiger partial charge in [-0.05, 0) is 13.3 Å². The first-order valence-electron chi connectivity index (χ1n) is 3.91. The number of hydrogen-bond donors (Lipinski definition) is 1. The van der Waals surface area contributed by atoms with Crippen molar-refractivity contribution in [2.24, 2.45) is 0 Å². The molecule has 0 bridgehead atoms. The Labute approximate surface area is 78.5 Å². The van der Waals surface area contributed by atoms with Crippen LogP contribution in [0.4, 0.5) is 0 Å². The Morgan fingerprint density at radius 1 is 1.38 bits per heavy atom. The minimum Gasteiger partial charge on any atom is -0.228 e. The molecule has 0 aliphatic carbocycles. The maximum atomic E-state index is 11.2. The Balaban J connectivity index is 2.78. The fourth-order valence-corrected chi connectivity index (χ4v) is 4.01. The van der Waals surface area contributed by atoms with Gasteiger partial charge in [0.25, 0.3) is 0 Å². The second kappa shape index (κ2) is 3.21. The smallest absolute Gasteiger partial charge is 0.208 e. The van der Waals surface area contributed by atoms with Crippen LogP contribution in [0.5, 0.6) is 0 Å². The largest absolute Gasteiger partial charge is 0.228 e. The maximum absolute atomic E-state index is 11.2. The van der Waals surface area contributed by atoms with Gasteiger partial charge in [0, 0.05) is 6.04 Å². The third-order valence-corrected chi connectivity index (χ3v) is 5.21. The summed E-state index contributed by atoms with van der Waals surface area (Å²) in [4.78, 5) is 0. The molecule has 0 aromatic carbocycles. The predicted octanol–water partition coefficient (Wildman–Crippen LogP) is -0.889. The summed E-state index contributed by atoms with van der Waals surface area (Å²) in [5, 5.41) is -0.609. The zero-order valence-corrected chi connectivity index (χ0v) is 9.15. The molecule has 0 spiro atoms. The van der Waals surface area contributed by atoms with Crippen LogP contribution in [-0.4, -0.2) is 40.1 Å². The van der Waals surface area contributed by atoms with Crippen LogP contribution in [-0.2, 0) is 19.9 Å². The molecule has 0 radical (unpaired) electrons. The molecule has 0 aromatic rings. The van der Waals surface area contributed by atoms with Crippen molar-refractivity contribution in [2.45, 2.75) is 24.6 Å². The van der Waals surface area contributed by atoms with E-state index in [-0.39, 0.29) is 5.75 Å². The van der Waals surface area contributed by atoms with Crippen LogP contribution in [0.25, 0.3) is 0 Å². The van der Waals surface area contributed by atoms with Gasteiger partial charge in [0.15, 0.2) is 9.84 Å². The first-order valence-corrected chi connectivity index (χ1v) is 7.52. The average Bonchev–Trinajstić information content (AvgIpc) is 2.13. The minimum atomic E-state index is -3.31. The molecule has 1 rings (SSSR count). The van der Waals surface area contributed by atoms with Gasteiger partial charge in [-0.25, -0.2) is 21.6 Å². The van der Waals surface area contributed by atoms with Crippen LogP contribution in [0, 0.1) is 0 Å². The van der Waals surface area contributed by atoms with Crippen LogP contribution in [0.2, 0.25) is 0 Å². The van der Waals surface area contributed by atoms with Crippen LogP contribution in [0.1, 0.15) is 13.3 Å². The zero-order valence-electron chi connectivity index (χ0n) is 7.52. The molecule has 1 heterocycles. The normalized spacial score (nSPS) is 33.4. The number of hydrogen-bond acceptors (Lipinski definition) is 4. The van der Waals surface area contributed by atoms with Crippen molar-refractivity contribution in [3.63, 3.8) is 0 Å². The molecular formula is C6H13NO4S2. The molecule has 7 heteroatoms. The number of nitrogens with one attached hydrogen (secondary N) is 1. The first-order chi connectivity index (χ1) is 5.72. The molecule has 5 nitrogen and oxygen atoms in total. The van der Waals surface area contributed by atoms with Gasteiger partial charge in [0.2, 0.25) is 10.0 Å². The van der Waals surface area contributed by atoms with Gasteiger partial charge in [0.05, 0.1) is 17.3 Å². The third kappa shape index (κ3) is 2.65. The van der Waals surface area contributed by atoms with Crippen LogP contribution >= 0.6 is 0 Å². The molecule has 1 fully saturated rings. The molecule has 0 aromatic heterocycles. The van der Waals surface area contributed by atoms with E-state index >= 15 is 0 Å². The van der Waals surface area contributed by atoms with E-state index in [1.165, 1.54) is 6.92 Å². The van der Waals surface area contributed by atoms with Crippen molar-refractivity contribution in [3.8, 4) is 0 Å². The lowest BCUT2D eigenvalue weighted by Crippen LogP contribution is -2.39. The van der Waals surface area contributed by atoms with Crippen molar-refractivity contribution in [3.05, 3.63) is 0 Å². The van der Waals surface area contributed by atoms with Gasteiger partial charge in [-0.15, -0.1) is 0 Å². The highest BCUT2D eigenvalue weighted by Crippen LogP contribution is 2.20. The van der Waals surface area contributed by atoms with E-state index in [0.717, 1.165) is 6.26 Å². The summed E-state index contributed by atoms with van der Waals surface area (Å²) in [7, 11) is -6.38. The van der Waals surface area contributed by atoms with Crippen molar-refractivity contribution in [2.75, 3.05) is 12.0 Å². The number of rotatable bonds is 2. The Hall–Kier alpha value is -0.140. The average molecular weight is 227 g/mol. The van der Waals surface area contributed by atoms with Gasteiger partial charge in [-0.1, -0.05) is 0 Å². The monoisotopic (exact) mass is 227 g/mol. The van der Waals surface area contributed by atoms with E-state index in [1.54, 1.807) is 0 Å². The molecule has 2 atom stereocenters. The van der Waals surface area contributed by atoms with Gasteiger partial charge in [-0.3, -0.25) is 0 Å². The van der Waals surface area contributed by atoms with Crippen LogP contribution in [0.3, 0.4) is 0 Å². The van der Waals surface area contributed by atoms with Crippen molar-refractivity contribution in [1.82, 2.24) is 4.72 Å². The lowest BCUT2D eigenvalue weighted by Gasteiger charge is -2.13. The summed E-state index contributed by atoms with van der Waals surface area (Å²) < 4.78 is 46.4. The second-order valence-corrected chi connectivity index (χ2v) is 7.61. The Kier molecular flexibility index (Phi) is 2.70. The first kappa shape index (κ1) is 10.9. The Morgan fingerprint density at radius 3 is 2.23 bits per heavy atom. The van der Waals surface area contributed by atoms with Gasteiger partial charge in [0.1, 0.15) is 0 Å². The van der Waals surface area contributed by atoms with Crippen molar-refractivity contribution in [1.29, 1.82) is 0 Å². The van der Waals surface area contributed by atoms with Crippen LogP contribution < -0.4 is 4.72 Å². The fraction of sp³-hybridized carbons (Fsp3) is 1.00. The molecule has 2 unspecified atom stereocenters. The molecule has 78 valence electrons. The summed E-state index contributed by atoms with van der Waals surface area (Å²) >= 11 is 0. The van der Waals surface area contributed by atoms with E-state index in [4.69, 9.17) is 0 Å². The molecule has 1 saturated heterocycles. The van der Waals surface area contributed by atoms with Gasteiger partial charge >= 0.3 is 0 Å².